The Labute approximate surface area is 127 Å². The molecule has 0 amide bonds. The molecule has 2 aromatic rings. The van der Waals surface area contributed by atoms with Crippen molar-refractivity contribution in [3.63, 3.8) is 0 Å². The van der Waals surface area contributed by atoms with Crippen LogP contribution in [0.15, 0.2) is 36.5 Å². The molecule has 0 radical (unpaired) electrons. The predicted molar refractivity (Wildman–Crippen MR) is 88.2 cm³/mol. The number of rotatable bonds is 7. The number of benzene rings is 1. The van der Waals surface area contributed by atoms with Gasteiger partial charge in [0.2, 0.25) is 0 Å². The Hall–Kier alpha value is -1.65. The molecule has 4 heteroatoms. The van der Waals surface area contributed by atoms with Gasteiger partial charge < -0.3 is 9.88 Å². The SMILES string of the molecule is CCN(CC)C(CNC)c1cn(C)c(-c2ccccc2)n1. The maximum atomic E-state index is 4.90. The Balaban J connectivity index is 2.35. The van der Waals surface area contributed by atoms with E-state index in [0.717, 1.165) is 36.7 Å². The van der Waals surface area contributed by atoms with Gasteiger partial charge >= 0.3 is 0 Å². The number of nitrogens with zero attached hydrogens (tertiary/aromatic N) is 3. The Morgan fingerprint density at radius 1 is 1.19 bits per heavy atom. The summed E-state index contributed by atoms with van der Waals surface area (Å²) in [5, 5.41) is 3.29. The van der Waals surface area contributed by atoms with Crippen molar-refractivity contribution in [2.75, 3.05) is 26.7 Å². The summed E-state index contributed by atoms with van der Waals surface area (Å²) in [6, 6.07) is 10.7. The second kappa shape index (κ2) is 7.38. The highest BCUT2D eigenvalue weighted by Gasteiger charge is 2.21. The summed E-state index contributed by atoms with van der Waals surface area (Å²) in [7, 11) is 4.06. The number of hydrogen-bond acceptors (Lipinski definition) is 3. The molecular weight excluding hydrogens is 260 g/mol. The lowest BCUT2D eigenvalue weighted by atomic mass is 10.2. The third kappa shape index (κ3) is 3.52. The van der Waals surface area contributed by atoms with Crippen LogP contribution in [0.25, 0.3) is 11.4 Å². The first-order chi connectivity index (χ1) is 10.2. The Morgan fingerprint density at radius 3 is 2.43 bits per heavy atom. The molecule has 0 aliphatic heterocycles. The van der Waals surface area contributed by atoms with Crippen LogP contribution in [0.4, 0.5) is 0 Å². The minimum absolute atomic E-state index is 0.314. The van der Waals surface area contributed by atoms with Gasteiger partial charge in [-0.05, 0) is 20.1 Å². The smallest absolute Gasteiger partial charge is 0.140 e. The summed E-state index contributed by atoms with van der Waals surface area (Å²) >= 11 is 0. The van der Waals surface area contributed by atoms with Gasteiger partial charge in [0.1, 0.15) is 5.82 Å². The third-order valence-corrected chi connectivity index (χ3v) is 3.92. The molecule has 1 aromatic heterocycles. The van der Waals surface area contributed by atoms with Crippen molar-refractivity contribution in [3.8, 4) is 11.4 Å². The zero-order valence-corrected chi connectivity index (χ0v) is 13.5. The minimum atomic E-state index is 0.314. The van der Waals surface area contributed by atoms with Crippen LogP contribution < -0.4 is 5.32 Å². The normalized spacial score (nSPS) is 12.8. The molecule has 0 spiro atoms. The first kappa shape index (κ1) is 15.7. The molecule has 1 atom stereocenters. The molecule has 1 aromatic carbocycles. The maximum Gasteiger partial charge on any atom is 0.140 e. The minimum Gasteiger partial charge on any atom is -0.334 e. The van der Waals surface area contributed by atoms with Gasteiger partial charge in [-0.25, -0.2) is 4.98 Å². The lowest BCUT2D eigenvalue weighted by Gasteiger charge is -2.28. The van der Waals surface area contributed by atoms with E-state index in [-0.39, 0.29) is 0 Å². The van der Waals surface area contributed by atoms with Crippen LogP contribution in [0.3, 0.4) is 0 Å². The number of nitrogens with one attached hydrogen (secondary N) is 1. The zero-order chi connectivity index (χ0) is 15.2. The number of aromatic nitrogens is 2. The van der Waals surface area contributed by atoms with Gasteiger partial charge in [0, 0.05) is 25.4 Å². The Morgan fingerprint density at radius 2 is 1.86 bits per heavy atom. The standard InChI is InChI=1S/C17H26N4/c1-5-21(6-2)16(12-18-3)15-13-20(4)17(19-15)14-10-8-7-9-11-14/h7-11,13,16,18H,5-6,12H2,1-4H3. The Bertz CT molecular complexity index is 543. The summed E-state index contributed by atoms with van der Waals surface area (Å²) in [5.74, 6) is 1.03. The van der Waals surface area contributed by atoms with Gasteiger partial charge in [-0.1, -0.05) is 44.2 Å². The molecule has 2 rings (SSSR count). The monoisotopic (exact) mass is 286 g/mol. The summed E-state index contributed by atoms with van der Waals surface area (Å²) in [6.07, 6.45) is 2.16. The zero-order valence-electron chi connectivity index (χ0n) is 13.5. The van der Waals surface area contributed by atoms with Crippen LogP contribution in [0.2, 0.25) is 0 Å². The summed E-state index contributed by atoms with van der Waals surface area (Å²) in [6.45, 7) is 7.37. The van der Waals surface area contributed by atoms with E-state index >= 15 is 0 Å². The molecule has 0 saturated carbocycles. The molecule has 0 aliphatic carbocycles. The quantitative estimate of drug-likeness (QED) is 0.849. The molecule has 0 bridgehead atoms. The predicted octanol–water partition coefficient (Wildman–Crippen LogP) is 2.69. The van der Waals surface area contributed by atoms with Crippen molar-refractivity contribution in [3.05, 3.63) is 42.2 Å². The van der Waals surface area contributed by atoms with E-state index < -0.39 is 0 Å². The highest BCUT2D eigenvalue weighted by Crippen LogP contribution is 2.24. The van der Waals surface area contributed by atoms with Gasteiger partial charge in [0.25, 0.3) is 0 Å². The molecule has 0 saturated heterocycles. The van der Waals surface area contributed by atoms with E-state index in [1.165, 1.54) is 0 Å². The summed E-state index contributed by atoms with van der Waals surface area (Å²) in [4.78, 5) is 7.34. The van der Waals surface area contributed by atoms with Crippen LogP contribution in [0.1, 0.15) is 25.6 Å². The second-order valence-electron chi connectivity index (χ2n) is 5.26. The van der Waals surface area contributed by atoms with Gasteiger partial charge in [-0.3, -0.25) is 4.90 Å². The lowest BCUT2D eigenvalue weighted by Crippen LogP contribution is -2.35. The fourth-order valence-corrected chi connectivity index (χ4v) is 2.78. The van der Waals surface area contributed by atoms with E-state index in [2.05, 4.69) is 66.1 Å². The average molecular weight is 286 g/mol. The molecule has 4 nitrogen and oxygen atoms in total. The van der Waals surface area contributed by atoms with E-state index in [1.54, 1.807) is 0 Å². The molecule has 0 aliphatic rings. The van der Waals surface area contributed by atoms with Gasteiger partial charge in [0.15, 0.2) is 0 Å². The first-order valence-corrected chi connectivity index (χ1v) is 7.68. The van der Waals surface area contributed by atoms with E-state index in [4.69, 9.17) is 4.98 Å². The third-order valence-electron chi connectivity index (χ3n) is 3.92. The van der Waals surface area contributed by atoms with Crippen LogP contribution in [-0.4, -0.2) is 41.1 Å². The van der Waals surface area contributed by atoms with Crippen LogP contribution in [-0.2, 0) is 7.05 Å². The van der Waals surface area contributed by atoms with E-state index in [9.17, 15) is 0 Å². The van der Waals surface area contributed by atoms with Crippen LogP contribution in [0.5, 0.6) is 0 Å². The van der Waals surface area contributed by atoms with Crippen molar-refractivity contribution in [2.24, 2.45) is 7.05 Å². The highest BCUT2D eigenvalue weighted by molar-refractivity contribution is 5.55. The molecule has 0 fully saturated rings. The fourth-order valence-electron chi connectivity index (χ4n) is 2.78. The number of aryl methyl sites for hydroxylation is 1. The first-order valence-electron chi connectivity index (χ1n) is 7.68. The van der Waals surface area contributed by atoms with E-state index in [0.29, 0.717) is 6.04 Å². The van der Waals surface area contributed by atoms with Crippen molar-refractivity contribution in [1.29, 1.82) is 0 Å². The topological polar surface area (TPSA) is 33.1 Å². The van der Waals surface area contributed by atoms with Gasteiger partial charge in [-0.15, -0.1) is 0 Å². The number of hydrogen-bond donors (Lipinski definition) is 1. The van der Waals surface area contributed by atoms with Crippen LogP contribution in [0, 0.1) is 0 Å². The fraction of sp³-hybridized carbons (Fsp3) is 0.471. The van der Waals surface area contributed by atoms with Crippen LogP contribution >= 0.6 is 0 Å². The van der Waals surface area contributed by atoms with Crippen molar-refractivity contribution in [1.82, 2.24) is 19.8 Å². The molecule has 1 N–H and O–H groups in total. The van der Waals surface area contributed by atoms with Crippen molar-refractivity contribution >= 4 is 0 Å². The molecule has 1 heterocycles. The second-order valence-corrected chi connectivity index (χ2v) is 5.26. The number of imidazole rings is 1. The summed E-state index contributed by atoms with van der Waals surface area (Å²) in [5.41, 5.74) is 2.29. The Kier molecular flexibility index (Phi) is 5.53. The molecule has 114 valence electrons. The maximum absolute atomic E-state index is 4.90. The van der Waals surface area contributed by atoms with Gasteiger partial charge in [-0.2, -0.15) is 0 Å². The van der Waals surface area contributed by atoms with Crippen molar-refractivity contribution < 1.29 is 0 Å². The van der Waals surface area contributed by atoms with Crippen molar-refractivity contribution in [2.45, 2.75) is 19.9 Å². The molecule has 21 heavy (non-hydrogen) atoms. The van der Waals surface area contributed by atoms with E-state index in [1.807, 2.05) is 13.1 Å². The number of likely N-dealkylation sites (N-methyl/N-ethyl adjacent to an activating group) is 2. The summed E-state index contributed by atoms with van der Waals surface area (Å²) < 4.78 is 2.12. The largest absolute Gasteiger partial charge is 0.334 e. The molecular formula is C17H26N4. The lowest BCUT2D eigenvalue weighted by molar-refractivity contribution is 0.212. The molecule has 1 unspecified atom stereocenters. The highest BCUT2D eigenvalue weighted by atomic mass is 15.2. The van der Waals surface area contributed by atoms with Gasteiger partial charge in [0.05, 0.1) is 11.7 Å². The average Bonchev–Trinajstić information content (AvgIpc) is 2.90.